The zero-order valence-corrected chi connectivity index (χ0v) is 8.18. The van der Waals surface area contributed by atoms with E-state index in [4.69, 9.17) is 10.5 Å². The number of hydrogen-bond acceptors (Lipinski definition) is 3. The zero-order valence-electron chi connectivity index (χ0n) is 8.18. The molecule has 0 saturated heterocycles. The van der Waals surface area contributed by atoms with E-state index in [1.165, 1.54) is 12.8 Å². The van der Waals surface area contributed by atoms with Gasteiger partial charge < -0.3 is 15.4 Å². The van der Waals surface area contributed by atoms with Crippen molar-refractivity contribution in [2.75, 3.05) is 33.9 Å². The van der Waals surface area contributed by atoms with Gasteiger partial charge in [-0.05, 0) is 26.3 Å². The molecule has 1 saturated carbocycles. The Hall–Kier alpha value is -0.120. The molecule has 0 spiro atoms. The SMILES string of the molecule is COCCCN(C)CC1(N)CC1. The van der Waals surface area contributed by atoms with Crippen molar-refractivity contribution in [3.8, 4) is 0 Å². The quantitative estimate of drug-likeness (QED) is 0.591. The molecule has 0 amide bonds. The van der Waals surface area contributed by atoms with Gasteiger partial charge in [0, 0.05) is 32.3 Å². The Labute approximate surface area is 74.9 Å². The topological polar surface area (TPSA) is 38.5 Å². The summed E-state index contributed by atoms with van der Waals surface area (Å²) < 4.78 is 4.98. The summed E-state index contributed by atoms with van der Waals surface area (Å²) in [6.45, 7) is 2.98. The first kappa shape index (κ1) is 9.96. The molecule has 12 heavy (non-hydrogen) atoms. The molecular formula is C9H20N2O. The molecule has 0 aromatic rings. The fraction of sp³-hybridized carbons (Fsp3) is 1.00. The van der Waals surface area contributed by atoms with Crippen LogP contribution in [0.2, 0.25) is 0 Å². The van der Waals surface area contributed by atoms with Gasteiger partial charge in [0.15, 0.2) is 0 Å². The van der Waals surface area contributed by atoms with Crippen molar-refractivity contribution < 1.29 is 4.74 Å². The van der Waals surface area contributed by atoms with Gasteiger partial charge in [0.2, 0.25) is 0 Å². The van der Waals surface area contributed by atoms with E-state index in [1.807, 2.05) is 0 Å². The summed E-state index contributed by atoms with van der Waals surface area (Å²) in [6, 6.07) is 0. The molecule has 3 heteroatoms. The fourth-order valence-electron chi connectivity index (χ4n) is 1.41. The van der Waals surface area contributed by atoms with Crippen LogP contribution in [0.3, 0.4) is 0 Å². The van der Waals surface area contributed by atoms with Gasteiger partial charge in [-0.15, -0.1) is 0 Å². The molecule has 1 rings (SSSR count). The second-order valence-electron chi connectivity index (χ2n) is 3.95. The number of ether oxygens (including phenoxy) is 1. The number of nitrogens with two attached hydrogens (primary N) is 1. The molecule has 2 N–H and O–H groups in total. The van der Waals surface area contributed by atoms with E-state index in [0.717, 1.165) is 26.1 Å². The minimum Gasteiger partial charge on any atom is -0.385 e. The van der Waals surface area contributed by atoms with Crippen molar-refractivity contribution in [1.29, 1.82) is 0 Å². The van der Waals surface area contributed by atoms with E-state index in [2.05, 4.69) is 11.9 Å². The lowest BCUT2D eigenvalue weighted by atomic mass is 10.2. The Morgan fingerprint density at radius 2 is 2.17 bits per heavy atom. The molecule has 0 aromatic carbocycles. The molecule has 1 aliphatic rings. The van der Waals surface area contributed by atoms with Gasteiger partial charge in [0.25, 0.3) is 0 Å². The smallest absolute Gasteiger partial charge is 0.0474 e. The summed E-state index contributed by atoms with van der Waals surface area (Å²) >= 11 is 0. The lowest BCUT2D eigenvalue weighted by Gasteiger charge is -2.20. The Kier molecular flexibility index (Phi) is 3.50. The lowest BCUT2D eigenvalue weighted by Crippen LogP contribution is -2.37. The van der Waals surface area contributed by atoms with Crippen LogP contribution >= 0.6 is 0 Å². The molecule has 0 atom stereocenters. The van der Waals surface area contributed by atoms with E-state index in [1.54, 1.807) is 7.11 Å². The fourth-order valence-corrected chi connectivity index (χ4v) is 1.41. The molecule has 0 aromatic heterocycles. The minimum atomic E-state index is 0.155. The average molecular weight is 172 g/mol. The van der Waals surface area contributed by atoms with Crippen molar-refractivity contribution in [3.63, 3.8) is 0 Å². The minimum absolute atomic E-state index is 0.155. The number of hydrogen-bond donors (Lipinski definition) is 1. The number of rotatable bonds is 6. The molecule has 0 aliphatic heterocycles. The highest BCUT2D eigenvalue weighted by Gasteiger charge is 2.38. The van der Waals surface area contributed by atoms with Gasteiger partial charge in [-0.2, -0.15) is 0 Å². The van der Waals surface area contributed by atoms with Crippen molar-refractivity contribution in [2.24, 2.45) is 5.73 Å². The highest BCUT2D eigenvalue weighted by molar-refractivity contribution is 5.00. The van der Waals surface area contributed by atoms with Crippen LogP contribution in [0.15, 0.2) is 0 Å². The third-order valence-corrected chi connectivity index (χ3v) is 2.37. The van der Waals surface area contributed by atoms with Crippen LogP contribution in [-0.2, 0) is 4.74 Å². The molecule has 0 unspecified atom stereocenters. The first-order valence-corrected chi connectivity index (χ1v) is 4.63. The standard InChI is InChI=1S/C9H20N2O/c1-11(6-3-7-12-2)8-9(10)4-5-9/h3-8,10H2,1-2H3. The Morgan fingerprint density at radius 3 is 2.67 bits per heavy atom. The average Bonchev–Trinajstić information content (AvgIpc) is 2.68. The predicted molar refractivity (Wildman–Crippen MR) is 50.1 cm³/mol. The van der Waals surface area contributed by atoms with Crippen LogP contribution < -0.4 is 5.73 Å². The van der Waals surface area contributed by atoms with Crippen LogP contribution in [0, 0.1) is 0 Å². The van der Waals surface area contributed by atoms with Crippen LogP contribution in [0.4, 0.5) is 0 Å². The second kappa shape index (κ2) is 4.21. The molecule has 1 fully saturated rings. The van der Waals surface area contributed by atoms with E-state index in [-0.39, 0.29) is 5.54 Å². The highest BCUT2D eigenvalue weighted by Crippen LogP contribution is 2.32. The number of likely N-dealkylation sites (N-methyl/N-ethyl adjacent to an activating group) is 1. The summed E-state index contributed by atoms with van der Waals surface area (Å²) in [4.78, 5) is 2.30. The van der Waals surface area contributed by atoms with E-state index < -0.39 is 0 Å². The number of methoxy groups -OCH3 is 1. The third kappa shape index (κ3) is 3.52. The first-order chi connectivity index (χ1) is 5.66. The summed E-state index contributed by atoms with van der Waals surface area (Å²) in [5, 5.41) is 0. The van der Waals surface area contributed by atoms with Crippen molar-refractivity contribution >= 4 is 0 Å². The van der Waals surface area contributed by atoms with Crippen LogP contribution in [-0.4, -0.2) is 44.3 Å². The zero-order chi connectivity index (χ0) is 9.03. The van der Waals surface area contributed by atoms with Crippen LogP contribution in [0.25, 0.3) is 0 Å². The normalized spacial score (nSPS) is 20.0. The summed E-state index contributed by atoms with van der Waals surface area (Å²) in [6.07, 6.45) is 3.49. The largest absolute Gasteiger partial charge is 0.385 e. The lowest BCUT2D eigenvalue weighted by molar-refractivity contribution is 0.177. The summed E-state index contributed by atoms with van der Waals surface area (Å²) in [7, 11) is 3.87. The van der Waals surface area contributed by atoms with Gasteiger partial charge >= 0.3 is 0 Å². The highest BCUT2D eigenvalue weighted by atomic mass is 16.5. The number of nitrogens with zero attached hydrogens (tertiary/aromatic N) is 1. The van der Waals surface area contributed by atoms with Gasteiger partial charge in [0.1, 0.15) is 0 Å². The molecule has 3 nitrogen and oxygen atoms in total. The van der Waals surface area contributed by atoms with Crippen LogP contribution in [0.1, 0.15) is 19.3 Å². The summed E-state index contributed by atoms with van der Waals surface area (Å²) in [5.41, 5.74) is 6.13. The van der Waals surface area contributed by atoms with Crippen LogP contribution in [0.5, 0.6) is 0 Å². The van der Waals surface area contributed by atoms with Crippen molar-refractivity contribution in [1.82, 2.24) is 4.90 Å². The second-order valence-corrected chi connectivity index (χ2v) is 3.95. The molecule has 0 heterocycles. The molecule has 0 bridgehead atoms. The third-order valence-electron chi connectivity index (χ3n) is 2.37. The Morgan fingerprint density at radius 1 is 1.50 bits per heavy atom. The molecule has 72 valence electrons. The maximum Gasteiger partial charge on any atom is 0.0474 e. The van der Waals surface area contributed by atoms with Gasteiger partial charge in [-0.1, -0.05) is 0 Å². The maximum atomic E-state index is 5.98. The predicted octanol–water partition coefficient (Wildman–Crippen LogP) is 0.446. The Balaban J connectivity index is 2.00. The molecule has 1 aliphatic carbocycles. The van der Waals surface area contributed by atoms with E-state index in [9.17, 15) is 0 Å². The summed E-state index contributed by atoms with van der Waals surface area (Å²) in [5.74, 6) is 0. The molecule has 0 radical (unpaired) electrons. The first-order valence-electron chi connectivity index (χ1n) is 4.63. The van der Waals surface area contributed by atoms with E-state index >= 15 is 0 Å². The van der Waals surface area contributed by atoms with Crippen molar-refractivity contribution in [2.45, 2.75) is 24.8 Å². The van der Waals surface area contributed by atoms with Gasteiger partial charge in [0.05, 0.1) is 0 Å². The van der Waals surface area contributed by atoms with Gasteiger partial charge in [-0.3, -0.25) is 0 Å². The van der Waals surface area contributed by atoms with Gasteiger partial charge in [-0.25, -0.2) is 0 Å². The molecular weight excluding hydrogens is 152 g/mol. The van der Waals surface area contributed by atoms with Crippen molar-refractivity contribution in [3.05, 3.63) is 0 Å². The Bertz CT molecular complexity index is 134. The maximum absolute atomic E-state index is 5.98. The monoisotopic (exact) mass is 172 g/mol. The van der Waals surface area contributed by atoms with E-state index in [0.29, 0.717) is 0 Å².